The summed E-state index contributed by atoms with van der Waals surface area (Å²) in [5, 5.41) is 5.38. The molecule has 1 aromatic carbocycles. The largest absolute Gasteiger partial charge is 0.418 e. The number of carbonyl (C=O) groups is 2. The number of alkyl halides is 3. The number of hydrogen-bond donors (Lipinski definition) is 2. The van der Waals surface area contributed by atoms with Crippen LogP contribution in [-0.4, -0.2) is 41.4 Å². The van der Waals surface area contributed by atoms with Crippen molar-refractivity contribution in [1.29, 1.82) is 0 Å². The fourth-order valence-corrected chi connectivity index (χ4v) is 4.34. The van der Waals surface area contributed by atoms with Crippen LogP contribution in [0.2, 0.25) is 0 Å². The molecule has 2 heterocycles. The monoisotopic (exact) mass is 383 g/mol. The summed E-state index contributed by atoms with van der Waals surface area (Å²) >= 11 is 0. The number of fused-ring (bicyclic) bond motifs is 2. The van der Waals surface area contributed by atoms with E-state index in [4.69, 9.17) is 0 Å². The van der Waals surface area contributed by atoms with Crippen molar-refractivity contribution in [1.82, 2.24) is 10.2 Å². The first-order valence-corrected chi connectivity index (χ1v) is 9.23. The molecule has 3 rings (SSSR count). The van der Waals surface area contributed by atoms with E-state index in [0.29, 0.717) is 0 Å². The van der Waals surface area contributed by atoms with Gasteiger partial charge >= 0.3 is 6.18 Å². The van der Waals surface area contributed by atoms with E-state index in [1.807, 2.05) is 0 Å². The Morgan fingerprint density at radius 1 is 1.15 bits per heavy atom. The molecule has 2 N–H and O–H groups in total. The van der Waals surface area contributed by atoms with Gasteiger partial charge in [-0.05, 0) is 37.8 Å². The SMILES string of the molecule is CC(=O)NC1CC2CCCC(C1)N2CC(=O)Nc1ccccc1C(F)(F)F. The number of para-hydroxylation sites is 1. The predicted molar refractivity (Wildman–Crippen MR) is 95.0 cm³/mol. The van der Waals surface area contributed by atoms with Crippen molar-refractivity contribution in [2.75, 3.05) is 11.9 Å². The van der Waals surface area contributed by atoms with E-state index in [-0.39, 0.29) is 36.3 Å². The van der Waals surface area contributed by atoms with Crippen LogP contribution < -0.4 is 10.6 Å². The molecule has 0 aromatic heterocycles. The van der Waals surface area contributed by atoms with Gasteiger partial charge in [-0.2, -0.15) is 13.2 Å². The summed E-state index contributed by atoms with van der Waals surface area (Å²) in [5.41, 5.74) is -1.06. The first-order valence-electron chi connectivity index (χ1n) is 9.23. The summed E-state index contributed by atoms with van der Waals surface area (Å²) in [5.74, 6) is -0.505. The van der Waals surface area contributed by atoms with Crippen molar-refractivity contribution < 1.29 is 22.8 Å². The maximum Gasteiger partial charge on any atom is 0.418 e. The molecular formula is C19H24F3N3O2. The topological polar surface area (TPSA) is 61.4 Å². The summed E-state index contributed by atoms with van der Waals surface area (Å²) < 4.78 is 39.3. The van der Waals surface area contributed by atoms with Crippen molar-refractivity contribution in [3.63, 3.8) is 0 Å². The highest BCUT2D eigenvalue weighted by molar-refractivity contribution is 5.93. The van der Waals surface area contributed by atoms with Crippen LogP contribution in [0.5, 0.6) is 0 Å². The quantitative estimate of drug-likeness (QED) is 0.840. The minimum Gasteiger partial charge on any atom is -0.353 e. The summed E-state index contributed by atoms with van der Waals surface area (Å²) in [7, 11) is 0. The van der Waals surface area contributed by atoms with Gasteiger partial charge in [-0.3, -0.25) is 14.5 Å². The molecule has 2 atom stereocenters. The van der Waals surface area contributed by atoms with E-state index in [1.54, 1.807) is 0 Å². The number of nitrogens with zero attached hydrogens (tertiary/aromatic N) is 1. The molecule has 5 nitrogen and oxygen atoms in total. The van der Waals surface area contributed by atoms with Crippen LogP contribution in [0.15, 0.2) is 24.3 Å². The molecule has 2 unspecified atom stereocenters. The van der Waals surface area contributed by atoms with Gasteiger partial charge in [0, 0.05) is 25.0 Å². The number of anilines is 1. The lowest BCUT2D eigenvalue weighted by Crippen LogP contribution is -2.58. The van der Waals surface area contributed by atoms with E-state index >= 15 is 0 Å². The van der Waals surface area contributed by atoms with E-state index in [9.17, 15) is 22.8 Å². The van der Waals surface area contributed by atoms with Gasteiger partial charge in [-0.1, -0.05) is 18.6 Å². The van der Waals surface area contributed by atoms with Crippen LogP contribution in [-0.2, 0) is 15.8 Å². The highest BCUT2D eigenvalue weighted by atomic mass is 19.4. The number of carbonyl (C=O) groups excluding carboxylic acids is 2. The average Bonchev–Trinajstić information content (AvgIpc) is 2.54. The van der Waals surface area contributed by atoms with E-state index in [0.717, 1.165) is 38.2 Å². The number of benzene rings is 1. The fourth-order valence-electron chi connectivity index (χ4n) is 4.34. The van der Waals surface area contributed by atoms with Crippen LogP contribution in [0.1, 0.15) is 44.6 Å². The molecule has 8 heteroatoms. The van der Waals surface area contributed by atoms with Gasteiger partial charge < -0.3 is 10.6 Å². The van der Waals surface area contributed by atoms with Crippen molar-refractivity contribution in [3.8, 4) is 0 Å². The maximum atomic E-state index is 13.1. The van der Waals surface area contributed by atoms with Crippen LogP contribution >= 0.6 is 0 Å². The second-order valence-corrected chi connectivity index (χ2v) is 7.37. The zero-order valence-electron chi connectivity index (χ0n) is 15.2. The molecule has 2 aliphatic rings. The van der Waals surface area contributed by atoms with E-state index in [2.05, 4.69) is 15.5 Å². The lowest BCUT2D eigenvalue weighted by atomic mass is 9.81. The van der Waals surface area contributed by atoms with Crippen molar-refractivity contribution in [3.05, 3.63) is 29.8 Å². The minimum atomic E-state index is -4.52. The molecule has 0 radical (unpaired) electrons. The zero-order chi connectivity index (χ0) is 19.6. The molecule has 0 spiro atoms. The molecule has 2 amide bonds. The summed E-state index contributed by atoms with van der Waals surface area (Å²) in [6.07, 6.45) is -0.0583. The van der Waals surface area contributed by atoms with Gasteiger partial charge in [0.25, 0.3) is 0 Å². The number of amides is 2. The first-order chi connectivity index (χ1) is 12.7. The minimum absolute atomic E-state index is 0.0620. The van der Waals surface area contributed by atoms with Gasteiger partial charge in [0.2, 0.25) is 11.8 Å². The van der Waals surface area contributed by atoms with Crippen molar-refractivity contribution in [2.24, 2.45) is 0 Å². The molecule has 0 aliphatic carbocycles. The van der Waals surface area contributed by atoms with Crippen LogP contribution in [0.4, 0.5) is 18.9 Å². The van der Waals surface area contributed by atoms with Gasteiger partial charge in [-0.25, -0.2) is 0 Å². The van der Waals surface area contributed by atoms with Crippen LogP contribution in [0, 0.1) is 0 Å². The van der Waals surface area contributed by atoms with Crippen LogP contribution in [0.3, 0.4) is 0 Å². The van der Waals surface area contributed by atoms with Gasteiger partial charge in [-0.15, -0.1) is 0 Å². The van der Waals surface area contributed by atoms with Crippen molar-refractivity contribution >= 4 is 17.5 Å². The van der Waals surface area contributed by atoms with Crippen molar-refractivity contribution in [2.45, 2.75) is 63.3 Å². The number of piperidine rings is 2. The van der Waals surface area contributed by atoms with E-state index in [1.165, 1.54) is 25.1 Å². The number of hydrogen-bond acceptors (Lipinski definition) is 3. The summed E-state index contributed by atoms with van der Waals surface area (Å²) in [6, 6.07) is 5.43. The molecule has 148 valence electrons. The second kappa shape index (κ2) is 7.88. The maximum absolute atomic E-state index is 13.1. The molecule has 2 aliphatic heterocycles. The zero-order valence-corrected chi connectivity index (χ0v) is 15.2. The smallest absolute Gasteiger partial charge is 0.353 e. The molecular weight excluding hydrogens is 359 g/mol. The average molecular weight is 383 g/mol. The van der Waals surface area contributed by atoms with Gasteiger partial charge in [0.1, 0.15) is 0 Å². The third kappa shape index (κ3) is 4.80. The summed E-state index contributed by atoms with van der Waals surface area (Å²) in [6.45, 7) is 1.56. The first kappa shape index (κ1) is 19.7. The molecule has 2 bridgehead atoms. The number of nitrogens with one attached hydrogen (secondary N) is 2. The third-order valence-electron chi connectivity index (χ3n) is 5.37. The lowest BCUT2D eigenvalue weighted by Gasteiger charge is -2.48. The Hall–Kier alpha value is -2.09. The lowest BCUT2D eigenvalue weighted by molar-refractivity contribution is -0.137. The molecule has 1 aromatic rings. The summed E-state index contributed by atoms with van der Waals surface area (Å²) in [4.78, 5) is 25.9. The Bertz CT molecular complexity index is 694. The standard InChI is InChI=1S/C19H24F3N3O2/c1-12(26)23-13-9-14-5-4-6-15(10-13)25(14)11-18(27)24-17-8-3-2-7-16(17)19(20,21)22/h2-3,7-8,13-15H,4-6,9-11H2,1H3,(H,23,26)(H,24,27). The van der Waals surface area contributed by atoms with Gasteiger partial charge in [0.05, 0.1) is 17.8 Å². The number of rotatable bonds is 4. The Morgan fingerprint density at radius 3 is 2.37 bits per heavy atom. The Balaban J connectivity index is 1.66. The number of halogens is 3. The molecule has 2 fully saturated rings. The Kier molecular flexibility index (Phi) is 5.74. The second-order valence-electron chi connectivity index (χ2n) is 7.37. The van der Waals surface area contributed by atoms with Crippen LogP contribution in [0.25, 0.3) is 0 Å². The normalized spacial score (nSPS) is 25.7. The fraction of sp³-hybridized carbons (Fsp3) is 0.579. The Morgan fingerprint density at radius 2 is 1.78 bits per heavy atom. The highest BCUT2D eigenvalue weighted by Gasteiger charge is 2.39. The molecule has 27 heavy (non-hydrogen) atoms. The highest BCUT2D eigenvalue weighted by Crippen LogP contribution is 2.36. The third-order valence-corrected chi connectivity index (χ3v) is 5.37. The molecule has 2 saturated heterocycles. The Labute approximate surface area is 156 Å². The predicted octanol–water partition coefficient (Wildman–Crippen LogP) is 3.17. The van der Waals surface area contributed by atoms with Gasteiger partial charge in [0.15, 0.2) is 0 Å². The molecule has 0 saturated carbocycles. The van der Waals surface area contributed by atoms with E-state index < -0.39 is 17.6 Å².